The molecule has 0 bridgehead atoms. The minimum absolute atomic E-state index is 0.512. The number of rotatable bonds is 2. The third kappa shape index (κ3) is 3.73. The van der Waals surface area contributed by atoms with Crippen molar-refractivity contribution in [2.75, 3.05) is 31.5 Å². The number of carbonyl (C=O) groups excluding carboxylic acids is 2. The average Bonchev–Trinajstić information content (AvgIpc) is 2.49. The summed E-state index contributed by atoms with van der Waals surface area (Å²) in [5.41, 5.74) is 0.542. The van der Waals surface area contributed by atoms with Gasteiger partial charge in [-0.1, -0.05) is 0 Å². The van der Waals surface area contributed by atoms with Crippen LogP contribution in [-0.4, -0.2) is 42.9 Å². The van der Waals surface area contributed by atoms with Gasteiger partial charge in [0.05, 0.1) is 0 Å². The third-order valence-corrected chi connectivity index (χ3v) is 3.47. The number of nitrogens with zero attached hydrogens (tertiary/aromatic N) is 2. The maximum atomic E-state index is 11.9. The van der Waals surface area contributed by atoms with E-state index in [2.05, 4.69) is 10.6 Å². The highest BCUT2D eigenvalue weighted by Crippen LogP contribution is 2.18. The Kier molecular flexibility index (Phi) is 4.98. The molecule has 2 amide bonds. The molecule has 1 aromatic rings. The lowest BCUT2D eigenvalue weighted by Crippen LogP contribution is -2.49. The first-order valence-electron chi connectivity index (χ1n) is 6.17. The van der Waals surface area contributed by atoms with Crippen LogP contribution in [0.25, 0.3) is 0 Å². The summed E-state index contributed by atoms with van der Waals surface area (Å²) in [6.45, 7) is 2.51. The SMILES string of the molecule is N#CSc1ccc(NC(=O)C(=O)N2CCNCC2)cc1. The molecular formula is C13H14N4O2S. The van der Waals surface area contributed by atoms with E-state index < -0.39 is 11.8 Å². The van der Waals surface area contributed by atoms with Gasteiger partial charge in [-0.2, -0.15) is 5.26 Å². The van der Waals surface area contributed by atoms with Gasteiger partial charge < -0.3 is 15.5 Å². The monoisotopic (exact) mass is 290 g/mol. The Bertz CT molecular complexity index is 532. The summed E-state index contributed by atoms with van der Waals surface area (Å²) in [4.78, 5) is 26.1. The van der Waals surface area contributed by atoms with Crippen molar-refractivity contribution in [1.82, 2.24) is 10.2 Å². The summed E-state index contributed by atoms with van der Waals surface area (Å²) in [6, 6.07) is 6.78. The molecule has 1 aliphatic heterocycles. The van der Waals surface area contributed by atoms with Crippen LogP contribution >= 0.6 is 11.8 Å². The molecule has 2 rings (SSSR count). The predicted octanol–water partition coefficient (Wildman–Crippen LogP) is 0.630. The van der Waals surface area contributed by atoms with Crippen LogP contribution in [-0.2, 0) is 9.59 Å². The number of hydrogen-bond acceptors (Lipinski definition) is 5. The number of amides is 2. The predicted molar refractivity (Wildman–Crippen MR) is 76.0 cm³/mol. The second-order valence-electron chi connectivity index (χ2n) is 4.21. The smallest absolute Gasteiger partial charge is 0.313 e. The molecule has 1 fully saturated rings. The molecule has 104 valence electrons. The van der Waals surface area contributed by atoms with Crippen LogP contribution in [0.3, 0.4) is 0 Å². The number of hydrogen-bond donors (Lipinski definition) is 2. The second-order valence-corrected chi connectivity index (χ2v) is 5.07. The van der Waals surface area contributed by atoms with E-state index in [4.69, 9.17) is 5.26 Å². The van der Waals surface area contributed by atoms with Crippen LogP contribution < -0.4 is 10.6 Å². The van der Waals surface area contributed by atoms with Crippen molar-refractivity contribution < 1.29 is 9.59 Å². The van der Waals surface area contributed by atoms with Crippen LogP contribution in [0.2, 0.25) is 0 Å². The first-order valence-corrected chi connectivity index (χ1v) is 6.99. The number of thioether (sulfide) groups is 1. The Labute approximate surface area is 121 Å². The Morgan fingerprint density at radius 2 is 1.90 bits per heavy atom. The lowest BCUT2D eigenvalue weighted by atomic mass is 10.3. The zero-order valence-corrected chi connectivity index (χ0v) is 11.6. The van der Waals surface area contributed by atoms with Crippen molar-refractivity contribution in [3.05, 3.63) is 24.3 Å². The Hall–Kier alpha value is -2.04. The summed E-state index contributed by atoms with van der Waals surface area (Å²) in [5, 5.41) is 16.2. The van der Waals surface area contributed by atoms with Gasteiger partial charge in [-0.25, -0.2) is 0 Å². The number of benzene rings is 1. The van der Waals surface area contributed by atoms with Crippen LogP contribution in [0.5, 0.6) is 0 Å². The minimum Gasteiger partial charge on any atom is -0.332 e. The van der Waals surface area contributed by atoms with Gasteiger partial charge in [0.1, 0.15) is 5.40 Å². The van der Waals surface area contributed by atoms with Crippen molar-refractivity contribution in [1.29, 1.82) is 5.26 Å². The number of piperazine rings is 1. The first kappa shape index (κ1) is 14.4. The van der Waals surface area contributed by atoms with E-state index >= 15 is 0 Å². The van der Waals surface area contributed by atoms with E-state index in [1.165, 1.54) is 4.90 Å². The topological polar surface area (TPSA) is 85.2 Å². The van der Waals surface area contributed by atoms with Gasteiger partial charge in [-0.05, 0) is 36.0 Å². The van der Waals surface area contributed by atoms with Crippen molar-refractivity contribution in [3.8, 4) is 5.40 Å². The summed E-state index contributed by atoms with van der Waals surface area (Å²) in [7, 11) is 0. The molecule has 0 aliphatic carbocycles. The number of anilines is 1. The Morgan fingerprint density at radius 1 is 1.25 bits per heavy atom. The second kappa shape index (κ2) is 6.93. The number of carbonyl (C=O) groups is 2. The van der Waals surface area contributed by atoms with Crippen molar-refractivity contribution in [3.63, 3.8) is 0 Å². The Balaban J connectivity index is 1.93. The zero-order valence-electron chi connectivity index (χ0n) is 10.8. The molecule has 0 saturated carbocycles. The largest absolute Gasteiger partial charge is 0.332 e. The van der Waals surface area contributed by atoms with E-state index in [-0.39, 0.29) is 0 Å². The summed E-state index contributed by atoms with van der Waals surface area (Å²) < 4.78 is 0. The summed E-state index contributed by atoms with van der Waals surface area (Å²) in [6.07, 6.45) is 0. The van der Waals surface area contributed by atoms with E-state index in [1.807, 2.05) is 5.40 Å². The molecule has 20 heavy (non-hydrogen) atoms. The number of nitrogens with one attached hydrogen (secondary N) is 2. The lowest BCUT2D eigenvalue weighted by molar-refractivity contribution is -0.143. The van der Waals surface area contributed by atoms with E-state index in [9.17, 15) is 9.59 Å². The molecule has 7 heteroatoms. The normalized spacial score (nSPS) is 14.4. The zero-order chi connectivity index (χ0) is 14.4. The van der Waals surface area contributed by atoms with Gasteiger partial charge in [-0.15, -0.1) is 0 Å². The summed E-state index contributed by atoms with van der Waals surface area (Å²) in [5.74, 6) is -1.14. The molecular weight excluding hydrogens is 276 g/mol. The number of nitriles is 1. The molecule has 1 saturated heterocycles. The maximum absolute atomic E-state index is 11.9. The fourth-order valence-corrected chi connectivity index (χ4v) is 2.23. The van der Waals surface area contributed by atoms with Gasteiger partial charge in [0.25, 0.3) is 0 Å². The number of thiocyanates is 1. The van der Waals surface area contributed by atoms with Gasteiger partial charge in [-0.3, -0.25) is 9.59 Å². The first-order chi connectivity index (χ1) is 9.70. The van der Waals surface area contributed by atoms with Gasteiger partial charge in [0.2, 0.25) is 0 Å². The highest BCUT2D eigenvalue weighted by atomic mass is 32.2. The Morgan fingerprint density at radius 3 is 2.50 bits per heavy atom. The lowest BCUT2D eigenvalue weighted by Gasteiger charge is -2.26. The van der Waals surface area contributed by atoms with Crippen molar-refractivity contribution in [2.45, 2.75) is 4.90 Å². The standard InChI is InChI=1S/C13H14N4O2S/c14-9-20-11-3-1-10(2-4-11)16-12(18)13(19)17-7-5-15-6-8-17/h1-4,15H,5-8H2,(H,16,18). The quantitative estimate of drug-likeness (QED) is 0.474. The average molecular weight is 290 g/mol. The molecule has 2 N–H and O–H groups in total. The molecule has 1 aliphatic rings. The molecule has 0 unspecified atom stereocenters. The van der Waals surface area contributed by atoms with E-state index in [1.54, 1.807) is 24.3 Å². The highest BCUT2D eigenvalue weighted by Gasteiger charge is 2.23. The third-order valence-electron chi connectivity index (χ3n) is 2.87. The van der Waals surface area contributed by atoms with Crippen LogP contribution in [0.4, 0.5) is 5.69 Å². The van der Waals surface area contributed by atoms with Crippen LogP contribution in [0.1, 0.15) is 0 Å². The van der Waals surface area contributed by atoms with Gasteiger partial charge in [0.15, 0.2) is 0 Å². The molecule has 6 nitrogen and oxygen atoms in total. The van der Waals surface area contributed by atoms with Crippen molar-refractivity contribution >= 4 is 29.3 Å². The van der Waals surface area contributed by atoms with E-state index in [0.717, 1.165) is 16.7 Å². The van der Waals surface area contributed by atoms with Crippen LogP contribution in [0.15, 0.2) is 29.2 Å². The fraction of sp³-hybridized carbons (Fsp3) is 0.308. The fourth-order valence-electron chi connectivity index (χ4n) is 1.86. The van der Waals surface area contributed by atoms with Gasteiger partial charge in [0, 0.05) is 36.8 Å². The minimum atomic E-state index is -0.632. The maximum Gasteiger partial charge on any atom is 0.313 e. The molecule has 0 radical (unpaired) electrons. The molecule has 0 aromatic heterocycles. The highest BCUT2D eigenvalue weighted by molar-refractivity contribution is 8.03. The van der Waals surface area contributed by atoms with Crippen LogP contribution in [0, 0.1) is 10.7 Å². The van der Waals surface area contributed by atoms with Gasteiger partial charge >= 0.3 is 11.8 Å². The molecule has 1 heterocycles. The molecule has 0 atom stereocenters. The van der Waals surface area contributed by atoms with Crippen molar-refractivity contribution in [2.24, 2.45) is 0 Å². The summed E-state index contributed by atoms with van der Waals surface area (Å²) >= 11 is 1.04. The van der Waals surface area contributed by atoms with E-state index in [0.29, 0.717) is 31.9 Å². The molecule has 1 aromatic carbocycles. The molecule has 0 spiro atoms.